The summed E-state index contributed by atoms with van der Waals surface area (Å²) in [6, 6.07) is 10.7. The first-order chi connectivity index (χ1) is 16.5. The molecule has 5 rings (SSSR count). The molecule has 0 radical (unpaired) electrons. The lowest BCUT2D eigenvalue weighted by molar-refractivity contribution is -0.134. The molecule has 0 aromatic heterocycles. The first kappa shape index (κ1) is 22.7. The van der Waals surface area contributed by atoms with Gasteiger partial charge in [-0.25, -0.2) is 9.59 Å². The van der Waals surface area contributed by atoms with Crippen LogP contribution in [0.2, 0.25) is 0 Å². The van der Waals surface area contributed by atoms with Crippen LogP contribution in [0.5, 0.6) is 5.75 Å². The quantitative estimate of drug-likeness (QED) is 0.502. The SMILES string of the molecule is COC(=O)/C=C\c1cc(OC)ccc1-c1cc2c3c(c1)[C@@H]1CN(C(=O)O)CC[C@@H]1N3CCCS2. The van der Waals surface area contributed by atoms with Gasteiger partial charge in [-0.2, -0.15) is 0 Å². The Bertz CT molecular complexity index is 1160. The maximum Gasteiger partial charge on any atom is 0.407 e. The lowest BCUT2D eigenvalue weighted by Crippen LogP contribution is -2.48. The minimum Gasteiger partial charge on any atom is -0.497 e. The molecule has 1 fully saturated rings. The van der Waals surface area contributed by atoms with E-state index in [2.05, 4.69) is 17.0 Å². The summed E-state index contributed by atoms with van der Waals surface area (Å²) in [4.78, 5) is 28.8. The van der Waals surface area contributed by atoms with Gasteiger partial charge >= 0.3 is 12.1 Å². The van der Waals surface area contributed by atoms with Crippen LogP contribution < -0.4 is 9.64 Å². The average Bonchev–Trinajstić information content (AvgIpc) is 3.01. The predicted molar refractivity (Wildman–Crippen MR) is 133 cm³/mol. The molecule has 2 aromatic rings. The van der Waals surface area contributed by atoms with Crippen LogP contribution in [0.4, 0.5) is 10.5 Å². The Morgan fingerprint density at radius 3 is 2.79 bits per heavy atom. The molecule has 0 aliphatic carbocycles. The summed E-state index contributed by atoms with van der Waals surface area (Å²) < 4.78 is 10.2. The van der Waals surface area contributed by atoms with Crippen LogP contribution in [0.15, 0.2) is 41.3 Å². The molecule has 178 valence electrons. The van der Waals surface area contributed by atoms with Crippen LogP contribution in [-0.4, -0.2) is 67.7 Å². The Morgan fingerprint density at radius 1 is 1.18 bits per heavy atom. The number of amides is 1. The van der Waals surface area contributed by atoms with Crippen molar-refractivity contribution in [1.29, 1.82) is 0 Å². The molecule has 2 atom stereocenters. The number of hydrogen-bond acceptors (Lipinski definition) is 6. The van der Waals surface area contributed by atoms with Crippen molar-refractivity contribution in [3.05, 3.63) is 47.5 Å². The second-order valence-corrected chi connectivity index (χ2v) is 9.95. The van der Waals surface area contributed by atoms with Gasteiger partial charge in [0.1, 0.15) is 5.75 Å². The number of carbonyl (C=O) groups is 2. The van der Waals surface area contributed by atoms with E-state index in [9.17, 15) is 14.7 Å². The number of nitrogens with zero attached hydrogens (tertiary/aromatic N) is 2. The molecular weight excluding hydrogens is 452 g/mol. The molecule has 1 saturated heterocycles. The maximum absolute atomic E-state index is 11.8. The number of thioether (sulfide) groups is 1. The van der Waals surface area contributed by atoms with Crippen molar-refractivity contribution in [2.75, 3.05) is 44.5 Å². The molecule has 3 heterocycles. The summed E-state index contributed by atoms with van der Waals surface area (Å²) in [5.41, 5.74) is 5.43. The van der Waals surface area contributed by atoms with E-state index in [1.807, 2.05) is 30.0 Å². The second kappa shape index (κ2) is 9.25. The molecule has 0 spiro atoms. The Balaban J connectivity index is 1.63. The first-order valence-corrected chi connectivity index (χ1v) is 12.5. The molecule has 0 unspecified atom stereocenters. The number of anilines is 1. The van der Waals surface area contributed by atoms with Gasteiger partial charge in [0, 0.05) is 42.6 Å². The molecule has 1 amide bonds. The van der Waals surface area contributed by atoms with Gasteiger partial charge in [0.15, 0.2) is 0 Å². The Hall–Kier alpha value is -3.13. The zero-order valence-corrected chi connectivity index (χ0v) is 20.1. The maximum atomic E-state index is 11.8. The third-order valence-corrected chi connectivity index (χ3v) is 8.12. The Kier molecular flexibility index (Phi) is 6.16. The number of esters is 1. The number of carbonyl (C=O) groups excluding carboxylic acids is 1. The number of rotatable bonds is 4. The van der Waals surface area contributed by atoms with Crippen LogP contribution in [0.1, 0.15) is 29.9 Å². The first-order valence-electron chi connectivity index (χ1n) is 11.5. The van der Waals surface area contributed by atoms with E-state index in [0.29, 0.717) is 24.9 Å². The summed E-state index contributed by atoms with van der Waals surface area (Å²) in [5, 5.41) is 9.63. The summed E-state index contributed by atoms with van der Waals surface area (Å²) in [5.74, 6) is 1.50. The molecule has 8 heteroatoms. The Morgan fingerprint density at radius 2 is 2.03 bits per heavy atom. The van der Waals surface area contributed by atoms with Gasteiger partial charge in [-0.3, -0.25) is 0 Å². The average molecular weight is 481 g/mol. The van der Waals surface area contributed by atoms with Crippen molar-refractivity contribution < 1.29 is 24.2 Å². The number of benzene rings is 2. The van der Waals surface area contributed by atoms with Crippen LogP contribution in [0.25, 0.3) is 17.2 Å². The number of methoxy groups -OCH3 is 2. The van der Waals surface area contributed by atoms with Gasteiger partial charge in [-0.1, -0.05) is 6.07 Å². The summed E-state index contributed by atoms with van der Waals surface area (Å²) >= 11 is 1.88. The standard InChI is InChI=1S/C26H28N2O5S/c1-32-18-5-6-19(16(12-18)4-7-24(29)33-2)17-13-20-21-15-27(26(30)31)10-8-22(21)28-9-3-11-34-23(14-17)25(20)28/h4-7,12-14,21-22H,3,8-11,15H2,1-2H3,(H,30,31)/b7-4-/t21-,22-/m0/s1. The zero-order chi connectivity index (χ0) is 23.8. The lowest BCUT2D eigenvalue weighted by atomic mass is 9.87. The molecular formula is C26H28N2O5S. The molecule has 34 heavy (non-hydrogen) atoms. The summed E-state index contributed by atoms with van der Waals surface area (Å²) in [6.07, 6.45) is 4.28. The fourth-order valence-electron chi connectivity index (χ4n) is 5.43. The van der Waals surface area contributed by atoms with E-state index in [1.165, 1.54) is 29.3 Å². The fourth-order valence-corrected chi connectivity index (χ4v) is 6.51. The predicted octanol–water partition coefficient (Wildman–Crippen LogP) is 4.70. The van der Waals surface area contributed by atoms with Crippen molar-refractivity contribution in [2.24, 2.45) is 0 Å². The van der Waals surface area contributed by atoms with E-state index in [0.717, 1.165) is 41.8 Å². The number of fused-ring (bicyclic) bond motifs is 3. The Labute approximate surface area is 203 Å². The molecule has 3 aliphatic heterocycles. The molecule has 7 nitrogen and oxygen atoms in total. The topological polar surface area (TPSA) is 79.3 Å². The lowest BCUT2D eigenvalue weighted by Gasteiger charge is -2.37. The fraction of sp³-hybridized carbons (Fsp3) is 0.385. The third-order valence-electron chi connectivity index (χ3n) is 7.01. The van der Waals surface area contributed by atoms with Gasteiger partial charge in [-0.15, -0.1) is 11.8 Å². The molecule has 3 aliphatic rings. The van der Waals surface area contributed by atoms with Crippen molar-refractivity contribution in [2.45, 2.75) is 29.7 Å². The monoisotopic (exact) mass is 480 g/mol. The smallest absolute Gasteiger partial charge is 0.407 e. The number of hydrogen-bond donors (Lipinski definition) is 1. The van der Waals surface area contributed by atoms with Crippen molar-refractivity contribution in [3.8, 4) is 16.9 Å². The number of ether oxygens (including phenoxy) is 2. The third kappa shape index (κ3) is 4.00. The minimum atomic E-state index is -0.846. The van der Waals surface area contributed by atoms with Gasteiger partial charge in [0.2, 0.25) is 0 Å². The second-order valence-electron chi connectivity index (χ2n) is 8.81. The molecule has 0 saturated carbocycles. The van der Waals surface area contributed by atoms with Crippen molar-refractivity contribution in [3.63, 3.8) is 0 Å². The molecule has 0 bridgehead atoms. The van der Waals surface area contributed by atoms with Crippen LogP contribution in [-0.2, 0) is 9.53 Å². The highest BCUT2D eigenvalue weighted by atomic mass is 32.2. The minimum absolute atomic E-state index is 0.157. The molecule has 1 N–H and O–H groups in total. The summed E-state index contributed by atoms with van der Waals surface area (Å²) in [7, 11) is 2.98. The number of piperidine rings is 1. The largest absolute Gasteiger partial charge is 0.497 e. The van der Waals surface area contributed by atoms with E-state index < -0.39 is 12.1 Å². The number of carboxylic acid groups (broad SMARTS) is 1. The summed E-state index contributed by atoms with van der Waals surface area (Å²) in [6.45, 7) is 2.11. The van der Waals surface area contributed by atoms with Crippen LogP contribution in [0, 0.1) is 0 Å². The van der Waals surface area contributed by atoms with Crippen LogP contribution in [0.3, 0.4) is 0 Å². The van der Waals surface area contributed by atoms with Gasteiger partial charge in [-0.05, 0) is 71.2 Å². The van der Waals surface area contributed by atoms with Crippen molar-refractivity contribution >= 4 is 35.6 Å². The highest BCUT2D eigenvalue weighted by Gasteiger charge is 2.44. The van der Waals surface area contributed by atoms with Gasteiger partial charge in [0.25, 0.3) is 0 Å². The van der Waals surface area contributed by atoms with Crippen LogP contribution >= 0.6 is 11.8 Å². The molecule has 2 aromatic carbocycles. The van der Waals surface area contributed by atoms with E-state index in [4.69, 9.17) is 9.47 Å². The van der Waals surface area contributed by atoms with E-state index in [-0.39, 0.29) is 5.92 Å². The van der Waals surface area contributed by atoms with Gasteiger partial charge < -0.3 is 24.4 Å². The van der Waals surface area contributed by atoms with E-state index in [1.54, 1.807) is 18.1 Å². The van der Waals surface area contributed by atoms with E-state index >= 15 is 0 Å². The zero-order valence-electron chi connectivity index (χ0n) is 19.3. The van der Waals surface area contributed by atoms with Crippen molar-refractivity contribution in [1.82, 2.24) is 4.90 Å². The highest BCUT2D eigenvalue weighted by Crippen LogP contribution is 2.52. The highest BCUT2D eigenvalue weighted by molar-refractivity contribution is 7.99. The normalized spacial score (nSPS) is 21.1. The number of likely N-dealkylation sites (tertiary alicyclic amines) is 1. The van der Waals surface area contributed by atoms with Gasteiger partial charge in [0.05, 0.1) is 19.9 Å².